The number of amides is 1. The molecule has 2 aromatic carbocycles. The zero-order chi connectivity index (χ0) is 14.4. The lowest BCUT2D eigenvalue weighted by Crippen LogP contribution is -2.23. The van der Waals surface area contributed by atoms with Crippen molar-refractivity contribution >= 4 is 49.6 Å². The van der Waals surface area contributed by atoms with Crippen LogP contribution in [-0.4, -0.2) is 5.91 Å². The first-order valence-corrected chi connectivity index (χ1v) is 8.40. The molecular weight excluding hydrogens is 346 g/mol. The van der Waals surface area contributed by atoms with Gasteiger partial charge >= 0.3 is 0 Å². The highest BCUT2D eigenvalue weighted by molar-refractivity contribution is 9.11. The fourth-order valence-electron chi connectivity index (χ4n) is 2.97. The third-order valence-electron chi connectivity index (χ3n) is 3.93. The molecule has 1 amide bonds. The standard InChI is InChI=1S/C17H12BrNOS/c18-15-8-7-14(21-15)13-9-16(20)19-17-11-4-2-1-3-10(11)5-6-12(13)17/h1-8,13H,9H2,(H,19,20)/t13-/m0/s1. The number of benzene rings is 2. The van der Waals surface area contributed by atoms with Crippen LogP contribution in [0.1, 0.15) is 22.8 Å². The summed E-state index contributed by atoms with van der Waals surface area (Å²) in [5, 5.41) is 5.33. The highest BCUT2D eigenvalue weighted by Crippen LogP contribution is 2.43. The molecule has 0 radical (unpaired) electrons. The van der Waals surface area contributed by atoms with Gasteiger partial charge in [0.15, 0.2) is 0 Å². The van der Waals surface area contributed by atoms with Gasteiger partial charge in [0.2, 0.25) is 5.91 Å². The Morgan fingerprint density at radius 1 is 1.10 bits per heavy atom. The molecule has 2 nitrogen and oxygen atoms in total. The maximum atomic E-state index is 12.1. The van der Waals surface area contributed by atoms with Crippen LogP contribution in [0.5, 0.6) is 0 Å². The Morgan fingerprint density at radius 3 is 2.76 bits per heavy atom. The van der Waals surface area contributed by atoms with E-state index in [1.807, 2.05) is 18.2 Å². The first-order valence-electron chi connectivity index (χ1n) is 6.79. The van der Waals surface area contributed by atoms with Crippen LogP contribution in [0.3, 0.4) is 0 Å². The van der Waals surface area contributed by atoms with Crippen molar-refractivity contribution in [3.05, 3.63) is 62.8 Å². The van der Waals surface area contributed by atoms with Gasteiger partial charge in [-0.05, 0) is 39.0 Å². The average Bonchev–Trinajstić information content (AvgIpc) is 2.93. The largest absolute Gasteiger partial charge is 0.325 e. The fourth-order valence-corrected chi connectivity index (χ4v) is 4.52. The molecule has 0 unspecified atom stereocenters. The van der Waals surface area contributed by atoms with E-state index in [0.717, 1.165) is 20.2 Å². The van der Waals surface area contributed by atoms with Crippen molar-refractivity contribution in [2.24, 2.45) is 0 Å². The molecule has 0 fully saturated rings. The summed E-state index contributed by atoms with van der Waals surface area (Å²) in [6, 6.07) is 16.6. The zero-order valence-electron chi connectivity index (χ0n) is 11.1. The fraction of sp³-hybridized carbons (Fsp3) is 0.118. The SMILES string of the molecule is O=C1C[C@H](c2ccc(Br)s2)c2ccc3ccccc3c2N1. The smallest absolute Gasteiger partial charge is 0.225 e. The Hall–Kier alpha value is -1.65. The van der Waals surface area contributed by atoms with E-state index in [0.29, 0.717) is 6.42 Å². The van der Waals surface area contributed by atoms with Gasteiger partial charge in [0, 0.05) is 22.6 Å². The predicted octanol–water partition coefficient (Wildman–Crippen LogP) is 5.14. The van der Waals surface area contributed by atoms with Crippen molar-refractivity contribution < 1.29 is 4.79 Å². The zero-order valence-corrected chi connectivity index (χ0v) is 13.5. The van der Waals surface area contributed by atoms with Crippen LogP contribution in [0.2, 0.25) is 0 Å². The maximum absolute atomic E-state index is 12.1. The second kappa shape index (κ2) is 4.97. The molecule has 0 saturated carbocycles. The molecule has 21 heavy (non-hydrogen) atoms. The van der Waals surface area contributed by atoms with Crippen LogP contribution in [0.15, 0.2) is 52.3 Å². The Morgan fingerprint density at radius 2 is 1.95 bits per heavy atom. The number of nitrogens with one attached hydrogen (secondary N) is 1. The van der Waals surface area contributed by atoms with Gasteiger partial charge in [0.1, 0.15) is 0 Å². The number of fused-ring (bicyclic) bond motifs is 3. The van der Waals surface area contributed by atoms with Gasteiger partial charge in [0.05, 0.1) is 9.47 Å². The first kappa shape index (κ1) is 13.0. The molecule has 4 rings (SSSR count). The highest BCUT2D eigenvalue weighted by Gasteiger charge is 2.28. The molecular formula is C17H12BrNOS. The molecule has 0 aliphatic carbocycles. The molecule has 1 aromatic heterocycles. The quantitative estimate of drug-likeness (QED) is 0.641. The van der Waals surface area contributed by atoms with Crippen LogP contribution >= 0.6 is 27.3 Å². The van der Waals surface area contributed by atoms with E-state index in [-0.39, 0.29) is 11.8 Å². The lowest BCUT2D eigenvalue weighted by molar-refractivity contribution is -0.116. The minimum Gasteiger partial charge on any atom is -0.325 e. The van der Waals surface area contributed by atoms with E-state index in [1.54, 1.807) is 11.3 Å². The Labute approximate surface area is 134 Å². The van der Waals surface area contributed by atoms with Crippen LogP contribution in [0.4, 0.5) is 5.69 Å². The van der Waals surface area contributed by atoms with E-state index >= 15 is 0 Å². The number of hydrogen-bond donors (Lipinski definition) is 1. The van der Waals surface area contributed by atoms with Gasteiger partial charge < -0.3 is 5.32 Å². The molecule has 0 saturated heterocycles. The van der Waals surface area contributed by atoms with Gasteiger partial charge in [0.25, 0.3) is 0 Å². The summed E-state index contributed by atoms with van der Waals surface area (Å²) in [4.78, 5) is 13.4. The van der Waals surface area contributed by atoms with Gasteiger partial charge in [-0.3, -0.25) is 4.79 Å². The predicted molar refractivity (Wildman–Crippen MR) is 91.1 cm³/mol. The molecule has 0 bridgehead atoms. The Bertz CT molecular complexity index is 855. The number of hydrogen-bond acceptors (Lipinski definition) is 2. The minimum atomic E-state index is 0.0911. The van der Waals surface area contributed by atoms with Crippen molar-refractivity contribution in [2.75, 3.05) is 5.32 Å². The molecule has 1 atom stereocenters. The molecule has 4 heteroatoms. The second-order valence-electron chi connectivity index (χ2n) is 5.20. The van der Waals surface area contributed by atoms with Crippen molar-refractivity contribution in [1.29, 1.82) is 0 Å². The van der Waals surface area contributed by atoms with Gasteiger partial charge in [-0.15, -0.1) is 11.3 Å². The summed E-state index contributed by atoms with van der Waals surface area (Å²) in [7, 11) is 0. The average molecular weight is 358 g/mol. The van der Waals surface area contributed by atoms with E-state index in [4.69, 9.17) is 0 Å². The Kier molecular flexibility index (Phi) is 3.08. The third-order valence-corrected chi connectivity index (χ3v) is 5.67. The summed E-state index contributed by atoms with van der Waals surface area (Å²) in [6.45, 7) is 0. The number of carbonyl (C=O) groups excluding carboxylic acids is 1. The maximum Gasteiger partial charge on any atom is 0.225 e. The van der Waals surface area contributed by atoms with Gasteiger partial charge in [-0.2, -0.15) is 0 Å². The molecule has 1 N–H and O–H groups in total. The number of carbonyl (C=O) groups is 1. The third kappa shape index (κ3) is 2.19. The van der Waals surface area contributed by atoms with Gasteiger partial charge in [-0.25, -0.2) is 0 Å². The van der Waals surface area contributed by atoms with Gasteiger partial charge in [-0.1, -0.05) is 36.4 Å². The summed E-state index contributed by atoms with van der Waals surface area (Å²) in [5.74, 6) is 0.239. The highest BCUT2D eigenvalue weighted by atomic mass is 79.9. The van der Waals surface area contributed by atoms with Crippen LogP contribution in [0.25, 0.3) is 10.8 Å². The summed E-state index contributed by atoms with van der Waals surface area (Å²) in [5.41, 5.74) is 2.18. The van der Waals surface area contributed by atoms with Crippen LogP contribution in [0, 0.1) is 0 Å². The molecule has 1 aliphatic rings. The minimum absolute atomic E-state index is 0.0911. The molecule has 1 aliphatic heterocycles. The first-order chi connectivity index (χ1) is 10.2. The lowest BCUT2D eigenvalue weighted by atomic mass is 9.87. The molecule has 0 spiro atoms. The topological polar surface area (TPSA) is 29.1 Å². The van der Waals surface area contributed by atoms with Crippen molar-refractivity contribution in [2.45, 2.75) is 12.3 Å². The number of thiophene rings is 1. The van der Waals surface area contributed by atoms with Crippen molar-refractivity contribution in [3.63, 3.8) is 0 Å². The van der Waals surface area contributed by atoms with Crippen molar-refractivity contribution in [3.8, 4) is 0 Å². The van der Waals surface area contributed by atoms with E-state index in [2.05, 4.69) is 51.6 Å². The van der Waals surface area contributed by atoms with Crippen LogP contribution < -0.4 is 5.32 Å². The monoisotopic (exact) mass is 357 g/mol. The Balaban J connectivity index is 1.95. The van der Waals surface area contributed by atoms with E-state index in [9.17, 15) is 4.79 Å². The number of halogens is 1. The molecule has 3 aromatic rings. The number of anilines is 1. The van der Waals surface area contributed by atoms with Crippen molar-refractivity contribution in [1.82, 2.24) is 0 Å². The lowest BCUT2D eigenvalue weighted by Gasteiger charge is -2.26. The summed E-state index contributed by atoms with van der Waals surface area (Å²) in [6.07, 6.45) is 0.512. The van der Waals surface area contributed by atoms with E-state index < -0.39 is 0 Å². The second-order valence-corrected chi connectivity index (χ2v) is 7.69. The molecule has 2 heterocycles. The summed E-state index contributed by atoms with van der Waals surface area (Å²) >= 11 is 5.21. The summed E-state index contributed by atoms with van der Waals surface area (Å²) < 4.78 is 1.10. The number of rotatable bonds is 1. The molecule has 104 valence electrons. The van der Waals surface area contributed by atoms with E-state index in [1.165, 1.54) is 10.4 Å². The normalized spacial score (nSPS) is 17.6. The van der Waals surface area contributed by atoms with Crippen LogP contribution in [-0.2, 0) is 4.79 Å².